The van der Waals surface area contributed by atoms with E-state index < -0.39 is 0 Å². The van der Waals surface area contributed by atoms with Gasteiger partial charge in [-0.1, -0.05) is 34.9 Å². The van der Waals surface area contributed by atoms with Crippen LogP contribution in [0.5, 0.6) is 0 Å². The molecule has 2 aromatic rings. The van der Waals surface area contributed by atoms with Crippen molar-refractivity contribution in [3.05, 3.63) is 16.4 Å². The third-order valence-electron chi connectivity index (χ3n) is 2.35. The Morgan fingerprint density at radius 2 is 2.16 bits per heavy atom. The second kappa shape index (κ2) is 9.39. The highest BCUT2D eigenvalue weighted by atomic mass is 32.2. The van der Waals surface area contributed by atoms with Gasteiger partial charge in [0, 0.05) is 6.07 Å². The Morgan fingerprint density at radius 1 is 1.36 bits per heavy atom. The number of hydrogen-bond acceptors (Lipinski definition) is 11. The van der Waals surface area contributed by atoms with Gasteiger partial charge in [-0.25, -0.2) is 4.98 Å². The van der Waals surface area contributed by atoms with Gasteiger partial charge in [-0.05, 0) is 6.92 Å². The number of hydrogen-bond donors (Lipinski definition) is 3. The Morgan fingerprint density at radius 3 is 2.88 bits per heavy atom. The van der Waals surface area contributed by atoms with Crippen LogP contribution in [0.3, 0.4) is 0 Å². The van der Waals surface area contributed by atoms with E-state index in [9.17, 15) is 14.4 Å². The maximum Gasteiger partial charge on any atom is 0.316 e. The monoisotopic (exact) mass is 402 g/mol. The van der Waals surface area contributed by atoms with Gasteiger partial charge in [0.25, 0.3) is 5.56 Å². The van der Waals surface area contributed by atoms with Crippen molar-refractivity contribution in [1.82, 2.24) is 20.2 Å². The summed E-state index contributed by atoms with van der Waals surface area (Å²) in [6, 6.07) is 1.15. The van der Waals surface area contributed by atoms with Crippen LogP contribution in [0.15, 0.2) is 20.4 Å². The minimum atomic E-state index is -0.386. The van der Waals surface area contributed by atoms with Crippen LogP contribution in [-0.4, -0.2) is 50.2 Å². The first-order valence-corrected chi connectivity index (χ1v) is 9.66. The average Bonchev–Trinajstić information content (AvgIpc) is 2.98. The molecule has 134 valence electrons. The third kappa shape index (κ3) is 6.72. The van der Waals surface area contributed by atoms with Gasteiger partial charge in [0.2, 0.25) is 11.0 Å². The number of esters is 1. The number of carbonyl (C=O) groups excluding carboxylic acids is 2. The molecular formula is C12H14N6O4S3. The fraction of sp³-hybridized carbons (Fsp3) is 0.333. The first-order chi connectivity index (χ1) is 12.0. The third-order valence-corrected chi connectivity index (χ3v) is 5.17. The summed E-state index contributed by atoms with van der Waals surface area (Å²) in [6.45, 7) is 2.05. The maximum absolute atomic E-state index is 11.9. The summed E-state index contributed by atoms with van der Waals surface area (Å²) in [5, 5.41) is 10.8. The number of thioether (sulfide) groups is 2. The zero-order chi connectivity index (χ0) is 18.2. The van der Waals surface area contributed by atoms with Gasteiger partial charge in [0.05, 0.1) is 18.1 Å². The van der Waals surface area contributed by atoms with Crippen molar-refractivity contribution in [3.63, 3.8) is 0 Å². The van der Waals surface area contributed by atoms with Crippen LogP contribution < -0.4 is 16.6 Å². The topological polar surface area (TPSA) is 153 Å². The number of anilines is 2. The number of rotatable bonds is 8. The van der Waals surface area contributed by atoms with E-state index in [1.807, 2.05) is 0 Å². The fourth-order valence-corrected chi connectivity index (χ4v) is 3.70. The molecule has 0 unspecified atom stereocenters. The molecule has 10 nitrogen and oxygen atoms in total. The van der Waals surface area contributed by atoms with E-state index in [-0.39, 0.29) is 39.9 Å². The molecule has 0 fully saturated rings. The molecule has 13 heteroatoms. The van der Waals surface area contributed by atoms with Crippen molar-refractivity contribution in [2.75, 3.05) is 29.2 Å². The van der Waals surface area contributed by atoms with Crippen molar-refractivity contribution < 1.29 is 14.3 Å². The highest BCUT2D eigenvalue weighted by molar-refractivity contribution is 8.01. The lowest BCUT2D eigenvalue weighted by Crippen LogP contribution is -2.15. The van der Waals surface area contributed by atoms with Crippen LogP contribution in [0.25, 0.3) is 0 Å². The Kier molecular flexibility index (Phi) is 7.21. The zero-order valence-corrected chi connectivity index (χ0v) is 15.4. The molecule has 0 bridgehead atoms. The first-order valence-electron chi connectivity index (χ1n) is 6.87. The summed E-state index contributed by atoms with van der Waals surface area (Å²) >= 11 is 3.36. The molecule has 2 aromatic heterocycles. The summed E-state index contributed by atoms with van der Waals surface area (Å²) in [5.41, 5.74) is 5.08. The summed E-state index contributed by atoms with van der Waals surface area (Å²) in [4.78, 5) is 40.8. The molecule has 4 N–H and O–H groups in total. The van der Waals surface area contributed by atoms with E-state index in [4.69, 9.17) is 10.5 Å². The van der Waals surface area contributed by atoms with E-state index >= 15 is 0 Å². The van der Waals surface area contributed by atoms with Crippen LogP contribution in [0.1, 0.15) is 6.92 Å². The summed E-state index contributed by atoms with van der Waals surface area (Å²) in [7, 11) is 0. The average molecular weight is 402 g/mol. The Balaban J connectivity index is 1.80. The van der Waals surface area contributed by atoms with Gasteiger partial charge >= 0.3 is 5.97 Å². The van der Waals surface area contributed by atoms with E-state index in [1.165, 1.54) is 11.8 Å². The van der Waals surface area contributed by atoms with Gasteiger partial charge in [0.1, 0.15) is 5.82 Å². The molecule has 0 radical (unpaired) electrons. The summed E-state index contributed by atoms with van der Waals surface area (Å²) in [6.07, 6.45) is 0. The Hall–Kier alpha value is -2.12. The van der Waals surface area contributed by atoms with Crippen LogP contribution in [0, 0.1) is 0 Å². The van der Waals surface area contributed by atoms with Crippen LogP contribution >= 0.6 is 34.9 Å². The summed E-state index contributed by atoms with van der Waals surface area (Å²) in [5.74, 6) is -0.460. The predicted molar refractivity (Wildman–Crippen MR) is 95.9 cm³/mol. The molecule has 0 aromatic carbocycles. The number of nitrogen functional groups attached to an aromatic ring is 1. The summed E-state index contributed by atoms with van der Waals surface area (Å²) < 4.78 is 5.35. The quantitative estimate of drug-likeness (QED) is 0.247. The highest BCUT2D eigenvalue weighted by Gasteiger charge is 2.12. The normalized spacial score (nSPS) is 10.4. The van der Waals surface area contributed by atoms with E-state index in [2.05, 4.69) is 25.5 Å². The van der Waals surface area contributed by atoms with Gasteiger partial charge < -0.3 is 15.5 Å². The molecular weight excluding hydrogens is 388 g/mol. The first kappa shape index (κ1) is 19.2. The lowest BCUT2D eigenvalue weighted by Gasteiger charge is -2.01. The number of aromatic amines is 1. The molecule has 0 aliphatic carbocycles. The second-order valence-electron chi connectivity index (χ2n) is 4.28. The molecule has 0 spiro atoms. The van der Waals surface area contributed by atoms with Crippen LogP contribution in [-0.2, 0) is 14.3 Å². The standard InChI is InChI=1S/C12H14N6O4S3/c1-2-22-9(21)5-24-12-18-17-11(25-12)16-8(20)4-23-10-14-6(13)3-7(19)15-10/h3H,2,4-5H2,1H3,(H,16,17,20)(H3,13,14,15,19). The van der Waals surface area contributed by atoms with Crippen molar-refractivity contribution in [2.24, 2.45) is 0 Å². The van der Waals surface area contributed by atoms with Crippen molar-refractivity contribution in [2.45, 2.75) is 16.4 Å². The van der Waals surface area contributed by atoms with E-state index in [0.717, 1.165) is 29.2 Å². The number of nitrogens with one attached hydrogen (secondary N) is 2. The molecule has 0 aliphatic heterocycles. The lowest BCUT2D eigenvalue weighted by atomic mass is 10.6. The molecule has 2 heterocycles. The minimum Gasteiger partial charge on any atom is -0.465 e. The van der Waals surface area contributed by atoms with Crippen molar-refractivity contribution >= 4 is 57.7 Å². The predicted octanol–water partition coefficient (Wildman–Crippen LogP) is 0.590. The molecule has 0 saturated heterocycles. The maximum atomic E-state index is 11.9. The van der Waals surface area contributed by atoms with E-state index in [0.29, 0.717) is 16.1 Å². The number of amides is 1. The van der Waals surface area contributed by atoms with Crippen molar-refractivity contribution in [1.29, 1.82) is 0 Å². The van der Waals surface area contributed by atoms with Gasteiger partial charge in [0.15, 0.2) is 9.50 Å². The molecule has 25 heavy (non-hydrogen) atoms. The lowest BCUT2D eigenvalue weighted by molar-refractivity contribution is -0.139. The minimum absolute atomic E-state index is 0.0112. The highest BCUT2D eigenvalue weighted by Crippen LogP contribution is 2.25. The second-order valence-corrected chi connectivity index (χ2v) is 7.44. The number of nitrogens with zero attached hydrogens (tertiary/aromatic N) is 3. The number of aromatic nitrogens is 4. The van der Waals surface area contributed by atoms with Gasteiger partial charge in [-0.15, -0.1) is 10.2 Å². The molecule has 0 saturated carbocycles. The smallest absolute Gasteiger partial charge is 0.316 e. The molecule has 0 aliphatic rings. The van der Waals surface area contributed by atoms with Crippen LogP contribution in [0.2, 0.25) is 0 Å². The molecule has 0 atom stereocenters. The SMILES string of the molecule is CCOC(=O)CSc1nnc(NC(=O)CSc2nc(N)cc(=O)[nH]2)s1. The number of nitrogens with two attached hydrogens (primary N) is 1. The number of ether oxygens (including phenoxy) is 1. The van der Waals surface area contributed by atoms with Gasteiger partial charge in [-0.2, -0.15) is 0 Å². The zero-order valence-electron chi connectivity index (χ0n) is 13.0. The van der Waals surface area contributed by atoms with Gasteiger partial charge in [-0.3, -0.25) is 19.7 Å². The molecule has 2 rings (SSSR count). The van der Waals surface area contributed by atoms with Crippen LogP contribution in [0.4, 0.5) is 10.9 Å². The number of H-pyrrole nitrogens is 1. The molecule has 1 amide bonds. The number of carbonyl (C=O) groups is 2. The Labute approximate surface area is 154 Å². The Bertz CT molecular complexity index is 808. The fourth-order valence-electron chi connectivity index (χ4n) is 1.45. The van der Waals surface area contributed by atoms with E-state index in [1.54, 1.807) is 6.92 Å². The van der Waals surface area contributed by atoms with Crippen molar-refractivity contribution in [3.8, 4) is 0 Å². The largest absolute Gasteiger partial charge is 0.465 e.